The minimum Gasteiger partial charge on any atom is -0.349 e. The van der Waals surface area contributed by atoms with Gasteiger partial charge in [0.05, 0.1) is 5.69 Å². The van der Waals surface area contributed by atoms with Crippen molar-refractivity contribution in [2.75, 3.05) is 20.1 Å². The number of nitriles is 1. The highest BCUT2D eigenvalue weighted by molar-refractivity contribution is 5.99. The Balaban J connectivity index is 1.21. The van der Waals surface area contributed by atoms with Crippen molar-refractivity contribution in [1.29, 1.82) is 5.26 Å². The number of nitrogens with one attached hydrogen (secondary N) is 2. The van der Waals surface area contributed by atoms with E-state index in [-0.39, 0.29) is 23.3 Å². The van der Waals surface area contributed by atoms with Crippen molar-refractivity contribution in [3.8, 4) is 29.2 Å². The number of piperidine rings is 1. The van der Waals surface area contributed by atoms with Gasteiger partial charge in [0.15, 0.2) is 6.07 Å². The molecule has 1 aromatic heterocycles. The molecule has 0 spiro atoms. The van der Waals surface area contributed by atoms with Crippen LogP contribution in [0, 0.1) is 28.6 Å². The highest BCUT2D eigenvalue weighted by Crippen LogP contribution is 2.41. The first-order valence-corrected chi connectivity index (χ1v) is 14.2. The number of hydrogen-bond donors (Lipinski definition) is 2. The molecule has 1 aliphatic carbocycles. The topological polar surface area (TPSA) is 105 Å². The third kappa shape index (κ3) is 5.24. The summed E-state index contributed by atoms with van der Waals surface area (Å²) < 4.78 is 0. The lowest BCUT2D eigenvalue weighted by molar-refractivity contribution is 0.0741. The van der Waals surface area contributed by atoms with E-state index in [2.05, 4.69) is 59.2 Å². The summed E-state index contributed by atoms with van der Waals surface area (Å²) in [6, 6.07) is 14.5. The van der Waals surface area contributed by atoms with Crippen LogP contribution in [0.1, 0.15) is 75.8 Å². The van der Waals surface area contributed by atoms with Crippen LogP contribution >= 0.6 is 0 Å². The molecule has 0 saturated carbocycles. The summed E-state index contributed by atoms with van der Waals surface area (Å²) in [6.45, 7) is 6.85. The smallest absolute Gasteiger partial charge is 0.255 e. The summed E-state index contributed by atoms with van der Waals surface area (Å²) in [5.74, 6) is 5.24. The highest BCUT2D eigenvalue weighted by Gasteiger charge is 2.35. The maximum absolute atomic E-state index is 13.6. The molecule has 3 heterocycles. The molecule has 2 N–H and O–H groups in total. The molecule has 0 bridgehead atoms. The van der Waals surface area contributed by atoms with E-state index in [9.17, 15) is 14.9 Å². The van der Waals surface area contributed by atoms with Crippen LogP contribution in [0.5, 0.6) is 0 Å². The lowest BCUT2D eigenvalue weighted by Gasteiger charge is -2.29. The molecule has 3 aliphatic rings. The zero-order valence-electron chi connectivity index (χ0n) is 23.8. The van der Waals surface area contributed by atoms with E-state index < -0.39 is 6.04 Å². The number of hydrogen-bond acceptors (Lipinski definition) is 5. The van der Waals surface area contributed by atoms with E-state index in [1.807, 2.05) is 30.3 Å². The number of rotatable bonds is 5. The van der Waals surface area contributed by atoms with Crippen molar-refractivity contribution in [1.82, 2.24) is 25.3 Å². The number of nitrogens with zero attached hydrogens (tertiary/aromatic N) is 4. The summed E-state index contributed by atoms with van der Waals surface area (Å²) >= 11 is 0. The van der Waals surface area contributed by atoms with Crippen LogP contribution in [-0.4, -0.2) is 58.0 Å². The molecular formula is C33H34N6O2. The molecular weight excluding hydrogens is 512 g/mol. The van der Waals surface area contributed by atoms with Crippen molar-refractivity contribution in [3.63, 3.8) is 0 Å². The molecule has 1 atom stereocenters. The maximum Gasteiger partial charge on any atom is 0.255 e. The first-order valence-electron chi connectivity index (χ1n) is 14.2. The van der Waals surface area contributed by atoms with Gasteiger partial charge < -0.3 is 15.1 Å². The van der Waals surface area contributed by atoms with E-state index in [1.165, 1.54) is 11.3 Å². The van der Waals surface area contributed by atoms with Crippen molar-refractivity contribution < 1.29 is 9.59 Å². The quantitative estimate of drug-likeness (QED) is 0.466. The van der Waals surface area contributed by atoms with Gasteiger partial charge in [-0.25, -0.2) is 0 Å². The van der Waals surface area contributed by atoms with Gasteiger partial charge in [-0.1, -0.05) is 38.0 Å². The molecule has 1 unspecified atom stereocenters. The van der Waals surface area contributed by atoms with Crippen LogP contribution in [0.25, 0.3) is 11.3 Å². The Morgan fingerprint density at radius 2 is 1.90 bits per heavy atom. The Bertz CT molecular complexity index is 1610. The lowest BCUT2D eigenvalue weighted by Crippen LogP contribution is -2.43. The molecule has 1 fully saturated rings. The minimum absolute atomic E-state index is 0.101. The van der Waals surface area contributed by atoms with E-state index in [0.29, 0.717) is 17.7 Å². The number of carbonyl (C=O) groups excluding carboxylic acids is 2. The van der Waals surface area contributed by atoms with Gasteiger partial charge in [-0.2, -0.15) is 10.4 Å². The first-order chi connectivity index (χ1) is 19.7. The van der Waals surface area contributed by atoms with E-state index in [4.69, 9.17) is 0 Å². The van der Waals surface area contributed by atoms with E-state index in [0.717, 1.165) is 61.2 Å². The lowest BCUT2D eigenvalue weighted by atomic mass is 9.90. The van der Waals surface area contributed by atoms with E-state index in [1.54, 1.807) is 17.0 Å². The summed E-state index contributed by atoms with van der Waals surface area (Å²) in [5.41, 5.74) is 7.48. The van der Waals surface area contributed by atoms with Crippen molar-refractivity contribution in [2.24, 2.45) is 5.41 Å². The number of fused-ring (bicyclic) bond motifs is 2. The van der Waals surface area contributed by atoms with Gasteiger partial charge >= 0.3 is 0 Å². The number of amides is 2. The van der Waals surface area contributed by atoms with Gasteiger partial charge in [-0.15, -0.1) is 0 Å². The van der Waals surface area contributed by atoms with Crippen LogP contribution in [-0.2, 0) is 19.4 Å². The number of carbonyl (C=O) groups is 2. The van der Waals surface area contributed by atoms with Crippen molar-refractivity contribution in [2.45, 2.75) is 58.2 Å². The van der Waals surface area contributed by atoms with Crippen LogP contribution in [0.3, 0.4) is 0 Å². The second kappa shape index (κ2) is 10.5. The Morgan fingerprint density at radius 3 is 2.63 bits per heavy atom. The third-order valence-electron chi connectivity index (χ3n) is 8.59. The number of likely N-dealkylation sites (tertiary alicyclic amines) is 1. The number of benzene rings is 2. The van der Waals surface area contributed by atoms with E-state index >= 15 is 0 Å². The molecule has 0 radical (unpaired) electrons. The zero-order chi connectivity index (χ0) is 28.7. The van der Waals surface area contributed by atoms with Crippen molar-refractivity contribution >= 4 is 11.8 Å². The molecule has 2 aromatic carbocycles. The second-order valence-electron chi connectivity index (χ2n) is 12.3. The van der Waals surface area contributed by atoms with Gasteiger partial charge in [-0.3, -0.25) is 14.7 Å². The van der Waals surface area contributed by atoms with Gasteiger partial charge in [0, 0.05) is 46.5 Å². The molecule has 2 aliphatic heterocycles. The first kappa shape index (κ1) is 26.8. The van der Waals surface area contributed by atoms with Crippen molar-refractivity contribution in [3.05, 3.63) is 76.0 Å². The molecule has 3 aromatic rings. The molecule has 8 heteroatoms. The van der Waals surface area contributed by atoms with Crippen LogP contribution in [0.2, 0.25) is 0 Å². The molecule has 2 amide bonds. The van der Waals surface area contributed by atoms with Crippen LogP contribution in [0.4, 0.5) is 0 Å². The largest absolute Gasteiger partial charge is 0.349 e. The third-order valence-corrected chi connectivity index (χ3v) is 8.59. The highest BCUT2D eigenvalue weighted by atomic mass is 16.2. The number of aromatic amines is 1. The van der Waals surface area contributed by atoms with Gasteiger partial charge in [-0.05, 0) is 86.6 Å². The summed E-state index contributed by atoms with van der Waals surface area (Å²) in [6.07, 6.45) is 3.82. The fourth-order valence-electron chi connectivity index (χ4n) is 6.38. The Morgan fingerprint density at radius 1 is 1.15 bits per heavy atom. The number of aromatic nitrogens is 2. The Kier molecular flexibility index (Phi) is 6.89. The zero-order valence-corrected chi connectivity index (χ0v) is 23.8. The van der Waals surface area contributed by atoms with Crippen LogP contribution in [0.15, 0.2) is 42.5 Å². The monoisotopic (exact) mass is 546 g/mol. The normalized spacial score (nSPS) is 18.7. The minimum atomic E-state index is -0.612. The molecule has 41 heavy (non-hydrogen) atoms. The van der Waals surface area contributed by atoms with Gasteiger partial charge in [0.2, 0.25) is 0 Å². The fraction of sp³-hybridized carbons (Fsp3) is 0.394. The predicted molar refractivity (Wildman–Crippen MR) is 156 cm³/mol. The van der Waals surface area contributed by atoms with Gasteiger partial charge in [0.25, 0.3) is 11.8 Å². The summed E-state index contributed by atoms with van der Waals surface area (Å²) in [7, 11) is 2.09. The number of H-pyrrole nitrogens is 1. The maximum atomic E-state index is 13.6. The second-order valence-corrected chi connectivity index (χ2v) is 12.3. The predicted octanol–water partition coefficient (Wildman–Crippen LogP) is 4.25. The Hall–Kier alpha value is -4.40. The Labute approximate surface area is 240 Å². The SMILES string of the molecule is CN1CCC(NC(=O)c2ccc(C(C#CC#N)N3Cc4cc(-c5n[nH]c6c5CC(C)(C)C6)ccc4C3=O)cc2)CC1. The summed E-state index contributed by atoms with van der Waals surface area (Å²) in [5, 5.41) is 20.2. The summed E-state index contributed by atoms with van der Waals surface area (Å²) in [4.78, 5) is 30.4. The van der Waals surface area contributed by atoms with Gasteiger partial charge in [0.1, 0.15) is 6.04 Å². The molecule has 208 valence electrons. The standard InChI is InChI=1S/C33H34N6O2/c1-33(2)18-27-28(19-33)36-37-30(27)23-10-11-26-24(17-23)20-39(32(26)41)29(5-4-14-34)21-6-8-22(9-7-21)31(40)35-25-12-15-38(3)16-13-25/h6-11,17,25,29H,12-13,15-16,18-20H2,1-3H3,(H,35,40)(H,36,37). The molecule has 6 rings (SSSR count). The average Bonchev–Trinajstić information content (AvgIpc) is 3.59. The fourth-order valence-corrected chi connectivity index (χ4v) is 6.38. The van der Waals surface area contributed by atoms with Crippen LogP contribution < -0.4 is 5.32 Å². The molecule has 1 saturated heterocycles. The average molecular weight is 547 g/mol. The molecule has 8 nitrogen and oxygen atoms in total.